The number of hydrogen-bond acceptors (Lipinski definition) is 9. The zero-order valence-corrected chi connectivity index (χ0v) is 12.3. The molecule has 0 saturated carbocycles. The summed E-state index contributed by atoms with van der Waals surface area (Å²) in [6.07, 6.45) is -7.27. The summed E-state index contributed by atoms with van der Waals surface area (Å²) in [5.74, 6) is -0.477. The average Bonchev–Trinajstić information content (AvgIpc) is 2.56. The maximum absolute atomic E-state index is 11.2. The van der Waals surface area contributed by atoms with Gasteiger partial charge < -0.3 is 39.4 Å². The van der Waals surface area contributed by atoms with Crippen molar-refractivity contribution in [2.24, 2.45) is 0 Å². The molecule has 9 nitrogen and oxygen atoms in total. The van der Waals surface area contributed by atoms with Gasteiger partial charge in [0.25, 0.3) is 0 Å². The van der Waals surface area contributed by atoms with Crippen molar-refractivity contribution >= 4 is 11.0 Å². The van der Waals surface area contributed by atoms with Crippen molar-refractivity contribution < 1.29 is 39.4 Å². The molecule has 0 radical (unpaired) electrons. The van der Waals surface area contributed by atoms with Crippen LogP contribution in [0.25, 0.3) is 11.0 Å². The maximum atomic E-state index is 11.2. The highest BCUT2D eigenvalue weighted by molar-refractivity contribution is 5.80. The molecule has 0 spiro atoms. The molecule has 1 aromatic heterocycles. The van der Waals surface area contributed by atoms with Gasteiger partial charge in [0.2, 0.25) is 6.29 Å². The highest BCUT2D eigenvalue weighted by atomic mass is 16.7. The number of aliphatic hydroxyl groups is 4. The standard InChI is InChI=1S/C15H16O9/c16-5-10-12(19)13(20)14(21)15(24-10)23-9-3-6-1-2-11(18)22-8(6)4-7(9)17/h1-4,10,12-17,19-21H,5H2/t10-,12-,13+,14+,15+/m1/s1. The van der Waals surface area contributed by atoms with Crippen molar-refractivity contribution in [1.29, 1.82) is 0 Å². The molecular weight excluding hydrogens is 324 g/mol. The second-order valence-corrected chi connectivity index (χ2v) is 5.43. The largest absolute Gasteiger partial charge is 0.504 e. The molecule has 5 atom stereocenters. The van der Waals surface area contributed by atoms with Crippen LogP contribution in [-0.2, 0) is 4.74 Å². The van der Waals surface area contributed by atoms with Gasteiger partial charge in [-0.05, 0) is 12.1 Å². The molecule has 9 heteroatoms. The molecule has 5 N–H and O–H groups in total. The number of benzene rings is 1. The van der Waals surface area contributed by atoms with Gasteiger partial charge in [-0.2, -0.15) is 0 Å². The molecule has 2 aromatic rings. The lowest BCUT2D eigenvalue weighted by Crippen LogP contribution is -2.60. The number of ether oxygens (including phenoxy) is 2. The number of phenolic OH excluding ortho intramolecular Hbond substituents is 1. The molecule has 0 amide bonds. The molecule has 3 rings (SSSR count). The fourth-order valence-electron chi connectivity index (χ4n) is 2.47. The molecule has 1 aliphatic heterocycles. The molecular formula is C15H16O9. The van der Waals surface area contributed by atoms with Crippen molar-refractivity contribution in [1.82, 2.24) is 0 Å². The molecule has 130 valence electrons. The molecule has 2 heterocycles. The van der Waals surface area contributed by atoms with Gasteiger partial charge >= 0.3 is 5.63 Å². The maximum Gasteiger partial charge on any atom is 0.336 e. The van der Waals surface area contributed by atoms with Crippen LogP contribution in [-0.4, -0.2) is 62.8 Å². The highest BCUT2D eigenvalue weighted by Gasteiger charge is 2.44. The van der Waals surface area contributed by atoms with Crippen LogP contribution >= 0.6 is 0 Å². The van der Waals surface area contributed by atoms with Crippen LogP contribution in [0.5, 0.6) is 11.5 Å². The number of hydrogen-bond donors (Lipinski definition) is 5. The van der Waals surface area contributed by atoms with Crippen molar-refractivity contribution in [2.45, 2.75) is 30.7 Å². The summed E-state index contributed by atoms with van der Waals surface area (Å²) in [6, 6.07) is 5.17. The van der Waals surface area contributed by atoms with E-state index >= 15 is 0 Å². The van der Waals surface area contributed by atoms with Gasteiger partial charge in [0.05, 0.1) is 6.61 Å². The van der Waals surface area contributed by atoms with E-state index < -0.39 is 42.9 Å². The predicted octanol–water partition coefficient (Wildman–Crippen LogP) is -1.32. The van der Waals surface area contributed by atoms with Crippen molar-refractivity contribution in [2.75, 3.05) is 6.61 Å². The molecule has 1 aliphatic rings. The summed E-state index contributed by atoms with van der Waals surface area (Å²) < 4.78 is 15.5. The molecule has 0 unspecified atom stereocenters. The molecule has 0 bridgehead atoms. The van der Waals surface area contributed by atoms with E-state index in [1.165, 1.54) is 18.2 Å². The third kappa shape index (κ3) is 2.95. The Morgan fingerprint density at radius 3 is 2.54 bits per heavy atom. The van der Waals surface area contributed by atoms with Gasteiger partial charge in [-0.25, -0.2) is 4.79 Å². The first-order chi connectivity index (χ1) is 11.4. The van der Waals surface area contributed by atoms with E-state index in [-0.39, 0.29) is 17.1 Å². The van der Waals surface area contributed by atoms with E-state index in [9.17, 15) is 25.2 Å². The van der Waals surface area contributed by atoms with Crippen molar-refractivity contribution in [3.63, 3.8) is 0 Å². The van der Waals surface area contributed by atoms with Crippen LogP contribution in [0, 0.1) is 0 Å². The lowest BCUT2D eigenvalue weighted by molar-refractivity contribution is -0.277. The van der Waals surface area contributed by atoms with E-state index in [2.05, 4.69) is 0 Å². The van der Waals surface area contributed by atoms with Crippen LogP contribution in [0.2, 0.25) is 0 Å². The Hall–Kier alpha value is -2.17. The number of rotatable bonds is 3. The van der Waals surface area contributed by atoms with Crippen LogP contribution in [0.1, 0.15) is 0 Å². The first kappa shape index (κ1) is 16.7. The van der Waals surface area contributed by atoms with Crippen LogP contribution < -0.4 is 10.4 Å². The minimum Gasteiger partial charge on any atom is -0.504 e. The summed E-state index contributed by atoms with van der Waals surface area (Å²) in [5, 5.41) is 49.0. The Morgan fingerprint density at radius 1 is 1.08 bits per heavy atom. The first-order valence-electron chi connectivity index (χ1n) is 7.15. The van der Waals surface area contributed by atoms with Gasteiger partial charge in [0.15, 0.2) is 11.5 Å². The van der Waals surface area contributed by atoms with E-state index in [0.717, 1.165) is 6.07 Å². The normalized spacial score (nSPS) is 30.4. The van der Waals surface area contributed by atoms with Crippen molar-refractivity contribution in [3.05, 3.63) is 34.7 Å². The van der Waals surface area contributed by atoms with Gasteiger partial charge in [-0.3, -0.25) is 0 Å². The second-order valence-electron chi connectivity index (χ2n) is 5.43. The van der Waals surface area contributed by atoms with Crippen LogP contribution in [0.15, 0.2) is 33.5 Å². The zero-order chi connectivity index (χ0) is 17.4. The summed E-state index contributed by atoms with van der Waals surface area (Å²) in [5.41, 5.74) is -0.439. The van der Waals surface area contributed by atoms with Gasteiger partial charge in [0, 0.05) is 17.5 Å². The van der Waals surface area contributed by atoms with Crippen LogP contribution in [0.4, 0.5) is 0 Å². The summed E-state index contributed by atoms with van der Waals surface area (Å²) >= 11 is 0. The first-order valence-corrected chi connectivity index (χ1v) is 7.15. The molecule has 1 fully saturated rings. The van der Waals surface area contributed by atoms with E-state index in [1.54, 1.807) is 0 Å². The Kier molecular flexibility index (Phi) is 4.43. The van der Waals surface area contributed by atoms with Crippen LogP contribution in [0.3, 0.4) is 0 Å². The predicted molar refractivity (Wildman–Crippen MR) is 78.5 cm³/mol. The Balaban J connectivity index is 1.89. The summed E-state index contributed by atoms with van der Waals surface area (Å²) in [6.45, 7) is -0.598. The molecule has 24 heavy (non-hydrogen) atoms. The Bertz CT molecular complexity index is 784. The monoisotopic (exact) mass is 340 g/mol. The molecule has 0 aliphatic carbocycles. The van der Waals surface area contributed by atoms with Gasteiger partial charge in [0.1, 0.15) is 30.0 Å². The van der Waals surface area contributed by atoms with E-state index in [4.69, 9.17) is 19.0 Å². The number of phenols is 1. The third-order valence-electron chi connectivity index (χ3n) is 3.79. The van der Waals surface area contributed by atoms with Gasteiger partial charge in [-0.15, -0.1) is 0 Å². The number of aliphatic hydroxyl groups excluding tert-OH is 4. The quantitative estimate of drug-likeness (QED) is 0.429. The summed E-state index contributed by atoms with van der Waals surface area (Å²) in [7, 11) is 0. The zero-order valence-electron chi connectivity index (χ0n) is 12.3. The average molecular weight is 340 g/mol. The second kappa shape index (κ2) is 6.38. The topological polar surface area (TPSA) is 150 Å². The van der Waals surface area contributed by atoms with Crippen molar-refractivity contribution in [3.8, 4) is 11.5 Å². The third-order valence-corrected chi connectivity index (χ3v) is 3.79. The number of aromatic hydroxyl groups is 1. The number of fused-ring (bicyclic) bond motifs is 1. The summed E-state index contributed by atoms with van der Waals surface area (Å²) in [4.78, 5) is 11.2. The smallest absolute Gasteiger partial charge is 0.336 e. The fourth-order valence-corrected chi connectivity index (χ4v) is 2.47. The minimum atomic E-state index is -1.60. The highest BCUT2D eigenvalue weighted by Crippen LogP contribution is 2.33. The Morgan fingerprint density at radius 2 is 1.83 bits per heavy atom. The van der Waals surface area contributed by atoms with E-state index in [1.807, 2.05) is 0 Å². The lowest BCUT2D eigenvalue weighted by atomic mass is 9.99. The molecule has 1 saturated heterocycles. The van der Waals surface area contributed by atoms with E-state index in [0.29, 0.717) is 5.39 Å². The lowest BCUT2D eigenvalue weighted by Gasteiger charge is -2.39. The SMILES string of the molecule is O=c1ccc2cc(O[C@H]3O[C@H](CO)[C@@H](O)[C@H](O)[C@@H]3O)c(O)cc2o1. The molecule has 1 aromatic carbocycles. The fraction of sp³-hybridized carbons (Fsp3) is 0.400. The minimum absolute atomic E-state index is 0.0966. The van der Waals surface area contributed by atoms with Gasteiger partial charge in [-0.1, -0.05) is 0 Å². The Labute approximate surface area is 134 Å².